The summed E-state index contributed by atoms with van der Waals surface area (Å²) in [6, 6.07) is 0.512. The quantitative estimate of drug-likeness (QED) is 0.730. The molecule has 2 nitrogen and oxygen atoms in total. The topological polar surface area (TPSA) is 43.5 Å². The average molecular weight is 232 g/mol. The number of hydrogen-bond donors (Lipinski definition) is 1. The highest BCUT2D eigenvalue weighted by molar-refractivity contribution is 6.13. The fourth-order valence-corrected chi connectivity index (χ4v) is 5.06. The second-order valence-electron chi connectivity index (χ2n) is 6.11. The van der Waals surface area contributed by atoms with Crippen molar-refractivity contribution in [1.82, 2.24) is 4.84 Å². The largest absolute Gasteiger partial charge is 0.412 e. The van der Waals surface area contributed by atoms with Crippen molar-refractivity contribution in [3.8, 4) is 0 Å². The van der Waals surface area contributed by atoms with Gasteiger partial charge in [0.1, 0.15) is 0 Å². The molecule has 0 saturated heterocycles. The molecule has 15 heavy (non-hydrogen) atoms. The summed E-state index contributed by atoms with van der Waals surface area (Å²) >= 11 is 5.84. The van der Waals surface area contributed by atoms with Crippen molar-refractivity contribution < 1.29 is 5.48 Å². The van der Waals surface area contributed by atoms with Gasteiger partial charge in [-0.25, -0.2) is 4.84 Å². The van der Waals surface area contributed by atoms with Gasteiger partial charge in [-0.3, -0.25) is 0 Å². The zero-order valence-electron chi connectivity index (χ0n) is 9.43. The minimum absolute atomic E-state index is 0. The van der Waals surface area contributed by atoms with Gasteiger partial charge in [0.15, 0.2) is 0 Å². The van der Waals surface area contributed by atoms with Crippen molar-refractivity contribution in [3.05, 3.63) is 0 Å². The van der Waals surface area contributed by atoms with Crippen LogP contribution in [0.25, 0.3) is 0 Å². The first-order valence-electron chi connectivity index (χ1n) is 6.08. The summed E-state index contributed by atoms with van der Waals surface area (Å²) in [5.41, 5.74) is 0.566. The van der Waals surface area contributed by atoms with E-state index in [9.17, 15) is 0 Å². The van der Waals surface area contributed by atoms with Crippen LogP contribution >= 0.6 is 11.8 Å². The molecule has 4 bridgehead atoms. The van der Waals surface area contributed by atoms with Gasteiger partial charge in [-0.15, -0.1) is 0 Å². The monoisotopic (exact) mass is 231 g/mol. The van der Waals surface area contributed by atoms with Crippen molar-refractivity contribution in [2.45, 2.75) is 51.5 Å². The second-order valence-corrected chi connectivity index (χ2v) is 6.33. The summed E-state index contributed by atoms with van der Waals surface area (Å²) in [7, 11) is 0. The predicted molar refractivity (Wildman–Crippen MR) is 62.7 cm³/mol. The van der Waals surface area contributed by atoms with Crippen LogP contribution in [-0.4, -0.2) is 11.5 Å². The fourth-order valence-electron chi connectivity index (χ4n) is 4.82. The van der Waals surface area contributed by atoms with Crippen molar-refractivity contribution in [2.75, 3.05) is 0 Å². The van der Waals surface area contributed by atoms with Crippen LogP contribution in [0.4, 0.5) is 0 Å². The lowest BCUT2D eigenvalue weighted by Gasteiger charge is -2.58. The normalized spacial score (nSPS) is 48.8. The molecular formula is C12H22ClNO. The third kappa shape index (κ3) is 1.71. The Morgan fingerprint density at radius 3 is 1.80 bits per heavy atom. The van der Waals surface area contributed by atoms with E-state index in [0.29, 0.717) is 11.5 Å². The number of hydrogen-bond acceptors (Lipinski definition) is 1. The molecular weight excluding hydrogens is 210 g/mol. The lowest BCUT2D eigenvalue weighted by molar-refractivity contribution is -0.0665. The van der Waals surface area contributed by atoms with Crippen LogP contribution in [0.5, 0.6) is 0 Å². The highest BCUT2D eigenvalue weighted by Crippen LogP contribution is 2.61. The van der Waals surface area contributed by atoms with Gasteiger partial charge in [-0.05, 0) is 80.4 Å². The van der Waals surface area contributed by atoms with Crippen molar-refractivity contribution in [3.63, 3.8) is 0 Å². The van der Waals surface area contributed by atoms with Crippen LogP contribution in [0.3, 0.4) is 0 Å². The standard InChI is InChI=1S/C12H20ClN.H2O/c1-8(14-13)12-5-9-2-10(6-12)4-11(3-9)7-12;/h8-11,14H,2-7H2,1H3;1H2. The van der Waals surface area contributed by atoms with Gasteiger partial charge in [0, 0.05) is 6.04 Å². The maximum absolute atomic E-state index is 5.84. The van der Waals surface area contributed by atoms with Gasteiger partial charge in [-0.2, -0.15) is 0 Å². The Labute approximate surface area is 97.2 Å². The molecule has 3 heteroatoms. The number of rotatable bonds is 2. The van der Waals surface area contributed by atoms with Gasteiger partial charge in [-0.1, -0.05) is 0 Å². The van der Waals surface area contributed by atoms with E-state index in [1.807, 2.05) is 0 Å². The summed E-state index contributed by atoms with van der Waals surface area (Å²) in [6.45, 7) is 2.28. The lowest BCUT2D eigenvalue weighted by Crippen LogP contribution is -2.53. The van der Waals surface area contributed by atoms with Crippen molar-refractivity contribution in [1.29, 1.82) is 0 Å². The molecule has 4 fully saturated rings. The summed E-state index contributed by atoms with van der Waals surface area (Å²) < 4.78 is 0. The summed E-state index contributed by atoms with van der Waals surface area (Å²) in [5, 5.41) is 0. The predicted octanol–water partition coefficient (Wildman–Crippen LogP) is 2.51. The minimum atomic E-state index is 0. The molecule has 0 radical (unpaired) electrons. The Hall–Kier alpha value is 0.210. The van der Waals surface area contributed by atoms with E-state index in [1.54, 1.807) is 0 Å². The van der Waals surface area contributed by atoms with Crippen LogP contribution in [0.2, 0.25) is 0 Å². The summed E-state index contributed by atoms with van der Waals surface area (Å²) in [5.74, 6) is 3.11. The Bertz CT molecular complexity index is 208. The molecule has 0 aromatic rings. The van der Waals surface area contributed by atoms with E-state index in [2.05, 4.69) is 11.8 Å². The van der Waals surface area contributed by atoms with Gasteiger partial charge >= 0.3 is 0 Å². The minimum Gasteiger partial charge on any atom is -0.412 e. The van der Waals surface area contributed by atoms with E-state index in [1.165, 1.54) is 38.5 Å². The van der Waals surface area contributed by atoms with Gasteiger partial charge in [0.2, 0.25) is 0 Å². The first-order valence-corrected chi connectivity index (χ1v) is 6.46. The molecule has 1 unspecified atom stereocenters. The first-order chi connectivity index (χ1) is 6.72. The Morgan fingerprint density at radius 2 is 1.47 bits per heavy atom. The van der Waals surface area contributed by atoms with Crippen LogP contribution in [0, 0.1) is 23.2 Å². The average Bonchev–Trinajstić information content (AvgIpc) is 2.14. The maximum atomic E-state index is 5.84. The Kier molecular flexibility index (Phi) is 3.04. The van der Waals surface area contributed by atoms with E-state index in [-0.39, 0.29) is 5.48 Å². The fraction of sp³-hybridized carbons (Fsp3) is 1.00. The molecule has 4 rings (SSSR count). The highest BCUT2D eigenvalue weighted by atomic mass is 35.5. The van der Waals surface area contributed by atoms with Gasteiger partial charge in [0.05, 0.1) is 0 Å². The maximum Gasteiger partial charge on any atom is 0.0249 e. The lowest BCUT2D eigenvalue weighted by atomic mass is 9.48. The molecule has 0 aromatic carbocycles. The molecule has 0 aliphatic heterocycles. The van der Waals surface area contributed by atoms with Crippen molar-refractivity contribution in [2.24, 2.45) is 23.2 Å². The molecule has 4 saturated carbocycles. The second kappa shape index (κ2) is 3.90. The van der Waals surface area contributed by atoms with Gasteiger partial charge in [0.25, 0.3) is 0 Å². The zero-order valence-corrected chi connectivity index (χ0v) is 10.2. The first kappa shape index (κ1) is 11.7. The summed E-state index contributed by atoms with van der Waals surface area (Å²) in [6.07, 6.45) is 8.90. The third-order valence-corrected chi connectivity index (χ3v) is 5.50. The smallest absolute Gasteiger partial charge is 0.0249 e. The molecule has 88 valence electrons. The highest BCUT2D eigenvalue weighted by Gasteiger charge is 2.52. The summed E-state index contributed by atoms with van der Waals surface area (Å²) in [4.78, 5) is 2.99. The molecule has 3 N–H and O–H groups in total. The van der Waals surface area contributed by atoms with E-state index < -0.39 is 0 Å². The molecule has 1 atom stereocenters. The molecule has 0 heterocycles. The molecule has 4 aliphatic rings. The molecule has 0 amide bonds. The van der Waals surface area contributed by atoms with Crippen molar-refractivity contribution >= 4 is 11.8 Å². The van der Waals surface area contributed by atoms with Crippen LogP contribution in [-0.2, 0) is 0 Å². The van der Waals surface area contributed by atoms with E-state index in [4.69, 9.17) is 11.8 Å². The molecule has 4 aliphatic carbocycles. The van der Waals surface area contributed by atoms with Gasteiger partial charge < -0.3 is 5.48 Å². The molecule has 0 spiro atoms. The van der Waals surface area contributed by atoms with E-state index >= 15 is 0 Å². The SMILES string of the molecule is CC(NCl)C12CC3CC(CC(C3)C1)C2.O. The van der Waals surface area contributed by atoms with E-state index in [0.717, 1.165) is 17.8 Å². The Morgan fingerprint density at radius 1 is 1.07 bits per heavy atom. The van der Waals surface area contributed by atoms with Crippen LogP contribution < -0.4 is 4.84 Å². The number of halogens is 1. The van der Waals surface area contributed by atoms with Crippen LogP contribution in [0.15, 0.2) is 0 Å². The zero-order chi connectivity index (χ0) is 9.76. The molecule has 0 aromatic heterocycles. The third-order valence-electron chi connectivity index (χ3n) is 5.17. The Balaban J connectivity index is 0.000000853. The van der Waals surface area contributed by atoms with Crippen LogP contribution in [0.1, 0.15) is 45.4 Å². The number of nitrogens with one attached hydrogen (secondary N) is 1.